The largest absolute Gasteiger partial charge is 0.491 e. The van der Waals surface area contributed by atoms with E-state index in [0.29, 0.717) is 5.75 Å². The molecule has 0 aromatic heterocycles. The van der Waals surface area contributed by atoms with Crippen LogP contribution in [0.15, 0.2) is 53.5 Å². The van der Waals surface area contributed by atoms with Crippen molar-refractivity contribution in [1.29, 1.82) is 0 Å². The van der Waals surface area contributed by atoms with Crippen LogP contribution < -0.4 is 15.4 Å². The van der Waals surface area contributed by atoms with E-state index < -0.39 is 6.10 Å². The maximum Gasteiger partial charge on any atom is 0.195 e. The molecule has 0 fully saturated rings. The van der Waals surface area contributed by atoms with Crippen LogP contribution in [0.5, 0.6) is 5.75 Å². The van der Waals surface area contributed by atoms with Gasteiger partial charge in [0.15, 0.2) is 5.96 Å². The van der Waals surface area contributed by atoms with Gasteiger partial charge in [-0.1, -0.05) is 24.3 Å². The maximum absolute atomic E-state index is 9.29. The lowest BCUT2D eigenvalue weighted by Gasteiger charge is -2.10. The van der Waals surface area contributed by atoms with Crippen LogP contribution in [0.1, 0.15) is 11.1 Å². The zero-order valence-electron chi connectivity index (χ0n) is 14.4. The van der Waals surface area contributed by atoms with Gasteiger partial charge in [0.05, 0.1) is 13.2 Å². The van der Waals surface area contributed by atoms with Crippen LogP contribution in [0.3, 0.4) is 0 Å². The molecular formula is C19H24ClN3O3. The summed E-state index contributed by atoms with van der Waals surface area (Å²) in [7, 11) is 0. The highest BCUT2D eigenvalue weighted by Crippen LogP contribution is 2.17. The summed E-state index contributed by atoms with van der Waals surface area (Å²) < 4.78 is 5.41. The lowest BCUT2D eigenvalue weighted by Crippen LogP contribution is -2.26. The first kappa shape index (κ1) is 20.0. The van der Waals surface area contributed by atoms with Crippen LogP contribution in [0, 0.1) is 0 Å². The Bertz CT molecular complexity index is 705. The third-order valence-corrected chi connectivity index (χ3v) is 3.88. The number of halogens is 1. The number of benzene rings is 2. The number of nitrogens with zero attached hydrogens (tertiary/aromatic N) is 1. The van der Waals surface area contributed by atoms with Gasteiger partial charge in [0.1, 0.15) is 18.5 Å². The molecule has 0 spiro atoms. The molecule has 2 aromatic carbocycles. The molecule has 7 heteroatoms. The Labute approximate surface area is 159 Å². The molecule has 0 amide bonds. The van der Waals surface area contributed by atoms with Crippen molar-refractivity contribution in [1.82, 2.24) is 5.32 Å². The van der Waals surface area contributed by atoms with Crippen molar-refractivity contribution in [3.8, 4) is 5.75 Å². The molecule has 6 nitrogen and oxygen atoms in total. The van der Waals surface area contributed by atoms with Crippen LogP contribution in [-0.2, 0) is 6.42 Å². The quantitative estimate of drug-likeness (QED) is 0.591. The number of anilines is 1. The molecule has 1 aliphatic heterocycles. The molecule has 2 aromatic rings. The van der Waals surface area contributed by atoms with Gasteiger partial charge < -0.3 is 25.6 Å². The third kappa shape index (κ3) is 5.91. The Morgan fingerprint density at radius 1 is 1.08 bits per heavy atom. The molecule has 0 saturated carbocycles. The number of aliphatic hydroxyl groups is 2. The van der Waals surface area contributed by atoms with Gasteiger partial charge >= 0.3 is 0 Å². The molecule has 1 atom stereocenters. The van der Waals surface area contributed by atoms with Crippen LogP contribution >= 0.6 is 12.4 Å². The van der Waals surface area contributed by atoms with E-state index in [0.717, 1.165) is 31.2 Å². The number of hydrogen-bond acceptors (Lipinski definition) is 6. The number of aliphatic imine (C=N–C) groups is 1. The summed E-state index contributed by atoms with van der Waals surface area (Å²) in [4.78, 5) is 4.31. The first-order valence-corrected chi connectivity index (χ1v) is 8.38. The molecule has 1 heterocycles. The van der Waals surface area contributed by atoms with E-state index in [4.69, 9.17) is 9.84 Å². The van der Waals surface area contributed by atoms with E-state index in [1.54, 1.807) is 0 Å². The van der Waals surface area contributed by atoms with E-state index in [-0.39, 0.29) is 25.6 Å². The minimum absolute atomic E-state index is 0. The second kappa shape index (κ2) is 10.0. The fourth-order valence-corrected chi connectivity index (χ4v) is 2.51. The summed E-state index contributed by atoms with van der Waals surface area (Å²) in [5, 5.41) is 24.5. The molecule has 140 valence electrons. The van der Waals surface area contributed by atoms with Crippen LogP contribution in [-0.4, -0.2) is 48.6 Å². The van der Waals surface area contributed by atoms with E-state index in [1.807, 2.05) is 36.4 Å². The number of nitrogens with one attached hydrogen (secondary N) is 2. The Morgan fingerprint density at radius 2 is 1.73 bits per heavy atom. The Kier molecular flexibility index (Phi) is 7.72. The summed E-state index contributed by atoms with van der Waals surface area (Å²) in [5.41, 5.74) is 3.41. The Balaban J connectivity index is 0.00000243. The van der Waals surface area contributed by atoms with E-state index in [1.165, 1.54) is 11.1 Å². The molecule has 3 rings (SSSR count). The summed E-state index contributed by atoms with van der Waals surface area (Å²) in [6.07, 6.45) is -0.0175. The van der Waals surface area contributed by atoms with Gasteiger partial charge in [-0.3, -0.25) is 4.99 Å². The summed E-state index contributed by atoms with van der Waals surface area (Å²) >= 11 is 0. The number of ether oxygens (including phenoxy) is 1. The van der Waals surface area contributed by atoms with Crippen molar-refractivity contribution in [2.75, 3.05) is 31.6 Å². The van der Waals surface area contributed by atoms with Crippen molar-refractivity contribution >= 4 is 24.1 Å². The van der Waals surface area contributed by atoms with Crippen molar-refractivity contribution < 1.29 is 14.9 Å². The highest BCUT2D eigenvalue weighted by molar-refractivity contribution is 5.94. The molecule has 26 heavy (non-hydrogen) atoms. The van der Waals surface area contributed by atoms with Crippen molar-refractivity contribution in [3.05, 3.63) is 59.7 Å². The summed E-state index contributed by atoms with van der Waals surface area (Å²) in [6, 6.07) is 16.0. The minimum atomic E-state index is -0.850. The lowest BCUT2D eigenvalue weighted by molar-refractivity contribution is 0.0536. The first-order chi connectivity index (χ1) is 12.2. The lowest BCUT2D eigenvalue weighted by atomic mass is 10.0. The van der Waals surface area contributed by atoms with Crippen molar-refractivity contribution in [2.24, 2.45) is 4.99 Å². The zero-order valence-corrected chi connectivity index (χ0v) is 15.2. The maximum atomic E-state index is 9.29. The number of guanidine groups is 1. The summed E-state index contributed by atoms with van der Waals surface area (Å²) in [6.45, 7) is 1.50. The second-order valence-electron chi connectivity index (χ2n) is 5.95. The minimum Gasteiger partial charge on any atom is -0.491 e. The predicted molar refractivity (Wildman–Crippen MR) is 105 cm³/mol. The van der Waals surface area contributed by atoms with Gasteiger partial charge in [0, 0.05) is 12.2 Å². The summed E-state index contributed by atoms with van der Waals surface area (Å²) in [5.74, 6) is 1.51. The fourth-order valence-electron chi connectivity index (χ4n) is 2.51. The molecular weight excluding hydrogens is 354 g/mol. The van der Waals surface area contributed by atoms with Gasteiger partial charge in [-0.2, -0.15) is 0 Å². The zero-order chi connectivity index (χ0) is 17.5. The number of rotatable bonds is 7. The Morgan fingerprint density at radius 3 is 2.31 bits per heavy atom. The smallest absolute Gasteiger partial charge is 0.195 e. The van der Waals surface area contributed by atoms with Crippen LogP contribution in [0.2, 0.25) is 0 Å². The molecule has 4 N–H and O–H groups in total. The molecule has 0 bridgehead atoms. The van der Waals surface area contributed by atoms with Crippen LogP contribution in [0.4, 0.5) is 5.69 Å². The molecule has 1 aliphatic rings. The highest BCUT2D eigenvalue weighted by atomic mass is 35.5. The van der Waals surface area contributed by atoms with Gasteiger partial charge in [-0.25, -0.2) is 0 Å². The molecule has 1 unspecified atom stereocenters. The predicted octanol–water partition coefficient (Wildman–Crippen LogP) is 1.80. The SMILES string of the molecule is Cl.OCC(O)COc1ccc(Cc2ccc(NC3=NCCN3)cc2)cc1. The van der Waals surface area contributed by atoms with Gasteiger partial charge in [0.25, 0.3) is 0 Å². The average Bonchev–Trinajstić information content (AvgIpc) is 3.15. The standard InChI is InChI=1S/C19H23N3O3.ClH/c23-12-17(24)13-25-18-7-3-15(4-8-18)11-14-1-5-16(6-2-14)22-19-20-9-10-21-19;/h1-8,17,23-24H,9-13H2,(H2,20,21,22);1H. The topological polar surface area (TPSA) is 86.1 Å². The monoisotopic (exact) mass is 377 g/mol. The van der Waals surface area contributed by atoms with Gasteiger partial charge in [-0.05, 0) is 41.8 Å². The van der Waals surface area contributed by atoms with Gasteiger partial charge in [0.2, 0.25) is 0 Å². The molecule has 0 aliphatic carbocycles. The van der Waals surface area contributed by atoms with Crippen molar-refractivity contribution in [3.63, 3.8) is 0 Å². The Hall–Kier alpha value is -2.28. The average molecular weight is 378 g/mol. The molecule has 0 saturated heterocycles. The van der Waals surface area contributed by atoms with E-state index in [2.05, 4.69) is 27.8 Å². The van der Waals surface area contributed by atoms with E-state index in [9.17, 15) is 5.11 Å². The number of hydrogen-bond donors (Lipinski definition) is 4. The third-order valence-electron chi connectivity index (χ3n) is 3.88. The molecule has 0 radical (unpaired) electrons. The van der Waals surface area contributed by atoms with E-state index >= 15 is 0 Å². The van der Waals surface area contributed by atoms with Crippen molar-refractivity contribution in [2.45, 2.75) is 12.5 Å². The first-order valence-electron chi connectivity index (χ1n) is 8.38. The number of aliphatic hydroxyl groups excluding tert-OH is 2. The highest BCUT2D eigenvalue weighted by Gasteiger charge is 2.05. The van der Waals surface area contributed by atoms with Crippen LogP contribution in [0.25, 0.3) is 0 Å². The fraction of sp³-hybridized carbons (Fsp3) is 0.316. The van der Waals surface area contributed by atoms with Gasteiger partial charge in [-0.15, -0.1) is 12.4 Å². The normalized spacial score (nSPS) is 14.0. The second-order valence-corrected chi connectivity index (χ2v) is 5.95.